The van der Waals surface area contributed by atoms with Crippen LogP contribution in [0.15, 0.2) is 60.3 Å². The molecule has 2 aromatic carbocycles. The van der Waals surface area contributed by atoms with Crippen LogP contribution < -0.4 is 15.4 Å². The van der Waals surface area contributed by atoms with Crippen LogP contribution in [-0.2, 0) is 17.9 Å². The number of methoxy groups -OCH3 is 1. The Morgan fingerprint density at radius 1 is 1.21 bits per heavy atom. The Kier molecular flexibility index (Phi) is 8.89. The van der Waals surface area contributed by atoms with Gasteiger partial charge in [-0.15, -0.1) is 16.8 Å². The van der Waals surface area contributed by atoms with E-state index in [0.29, 0.717) is 28.8 Å². The highest BCUT2D eigenvalue weighted by Crippen LogP contribution is 2.21. The largest absolute Gasteiger partial charge is 0.497 e. The van der Waals surface area contributed by atoms with Gasteiger partial charge in [0, 0.05) is 21.4 Å². The molecular formula is C23H24IN5O3S. The number of benzene rings is 2. The number of aryl methyl sites for hydroxylation is 1. The van der Waals surface area contributed by atoms with Crippen LogP contribution in [0.3, 0.4) is 0 Å². The number of anilines is 1. The molecule has 0 spiro atoms. The number of carbonyl (C=O) groups excluding carboxylic acids is 2. The zero-order valence-corrected chi connectivity index (χ0v) is 21.3. The molecule has 2 N–H and O–H groups in total. The highest BCUT2D eigenvalue weighted by Gasteiger charge is 2.15. The number of aromatic nitrogens is 3. The van der Waals surface area contributed by atoms with E-state index in [4.69, 9.17) is 4.74 Å². The standard InChI is InChI=1S/C23H24IN5O3S/c1-4-11-29-20(13-25-22(31)16-5-8-18(32-3)9-6-16)27-28-23(29)33-14-21(30)26-19-10-7-17(24)12-15(19)2/h4-10,12H,1,11,13-14H2,2-3H3,(H,25,31)(H,26,30). The number of nitrogens with one attached hydrogen (secondary N) is 2. The number of ether oxygens (including phenoxy) is 1. The van der Waals surface area contributed by atoms with Crippen molar-refractivity contribution >= 4 is 51.9 Å². The lowest BCUT2D eigenvalue weighted by Gasteiger charge is -2.10. The molecule has 0 aliphatic rings. The zero-order valence-electron chi connectivity index (χ0n) is 18.3. The average molecular weight is 577 g/mol. The first-order chi connectivity index (χ1) is 15.9. The van der Waals surface area contributed by atoms with Crippen molar-refractivity contribution < 1.29 is 14.3 Å². The molecule has 0 atom stereocenters. The van der Waals surface area contributed by atoms with E-state index in [9.17, 15) is 9.59 Å². The Morgan fingerprint density at radius 2 is 1.97 bits per heavy atom. The lowest BCUT2D eigenvalue weighted by Crippen LogP contribution is -2.24. The van der Waals surface area contributed by atoms with Gasteiger partial charge in [0.1, 0.15) is 5.75 Å². The molecule has 0 saturated heterocycles. The zero-order chi connectivity index (χ0) is 23.8. The number of nitrogens with zero attached hydrogens (tertiary/aromatic N) is 3. The van der Waals surface area contributed by atoms with Crippen LogP contribution in [0.25, 0.3) is 0 Å². The Morgan fingerprint density at radius 3 is 2.64 bits per heavy atom. The van der Waals surface area contributed by atoms with E-state index < -0.39 is 0 Å². The van der Waals surface area contributed by atoms with Gasteiger partial charge in [0.05, 0.1) is 19.4 Å². The fourth-order valence-electron chi connectivity index (χ4n) is 2.96. The molecule has 3 aromatic rings. The third-order valence-electron chi connectivity index (χ3n) is 4.66. The summed E-state index contributed by atoms with van der Waals surface area (Å²) in [4.78, 5) is 24.9. The van der Waals surface area contributed by atoms with Crippen LogP contribution in [0, 0.1) is 10.5 Å². The smallest absolute Gasteiger partial charge is 0.251 e. The molecule has 0 fully saturated rings. The topological polar surface area (TPSA) is 98.1 Å². The van der Waals surface area contributed by atoms with Crippen molar-refractivity contribution in [3.8, 4) is 5.75 Å². The molecule has 0 aliphatic carbocycles. The van der Waals surface area contributed by atoms with E-state index in [-0.39, 0.29) is 24.1 Å². The van der Waals surface area contributed by atoms with Crippen LogP contribution in [0.1, 0.15) is 21.7 Å². The van der Waals surface area contributed by atoms with Crippen molar-refractivity contribution in [2.75, 3.05) is 18.2 Å². The quantitative estimate of drug-likeness (QED) is 0.215. The van der Waals surface area contributed by atoms with E-state index in [0.717, 1.165) is 14.8 Å². The Bertz CT molecular complexity index is 1150. The van der Waals surface area contributed by atoms with Gasteiger partial charge in [-0.2, -0.15) is 0 Å². The van der Waals surface area contributed by atoms with Crippen molar-refractivity contribution in [1.29, 1.82) is 0 Å². The lowest BCUT2D eigenvalue weighted by molar-refractivity contribution is -0.113. The van der Waals surface area contributed by atoms with Gasteiger partial charge < -0.3 is 19.9 Å². The van der Waals surface area contributed by atoms with Gasteiger partial charge in [0.15, 0.2) is 11.0 Å². The molecule has 0 radical (unpaired) electrons. The molecule has 0 aliphatic heterocycles. The first kappa shape index (κ1) is 24.8. The average Bonchev–Trinajstić information content (AvgIpc) is 3.19. The fourth-order valence-corrected chi connectivity index (χ4v) is 4.37. The number of hydrogen-bond acceptors (Lipinski definition) is 6. The second-order valence-corrected chi connectivity index (χ2v) is 9.19. The van der Waals surface area contributed by atoms with Crippen molar-refractivity contribution in [3.63, 3.8) is 0 Å². The molecule has 172 valence electrons. The predicted octanol–water partition coefficient (Wildman–Crippen LogP) is 4.05. The molecule has 0 unspecified atom stereocenters. The summed E-state index contributed by atoms with van der Waals surface area (Å²) in [5.74, 6) is 1.08. The number of amides is 2. The maximum atomic E-state index is 12.4. The minimum Gasteiger partial charge on any atom is -0.497 e. The van der Waals surface area contributed by atoms with Crippen LogP contribution >= 0.6 is 34.4 Å². The molecule has 10 heteroatoms. The van der Waals surface area contributed by atoms with Gasteiger partial charge in [-0.3, -0.25) is 9.59 Å². The number of carbonyl (C=O) groups is 2. The number of thioether (sulfide) groups is 1. The van der Waals surface area contributed by atoms with Crippen LogP contribution in [0.2, 0.25) is 0 Å². The highest BCUT2D eigenvalue weighted by atomic mass is 127. The van der Waals surface area contributed by atoms with Gasteiger partial charge in [0.2, 0.25) is 5.91 Å². The normalized spacial score (nSPS) is 10.5. The molecule has 0 bridgehead atoms. The van der Waals surface area contributed by atoms with E-state index in [1.54, 1.807) is 37.5 Å². The monoisotopic (exact) mass is 577 g/mol. The van der Waals surface area contributed by atoms with Gasteiger partial charge in [0.25, 0.3) is 5.91 Å². The van der Waals surface area contributed by atoms with E-state index in [1.165, 1.54) is 11.8 Å². The maximum Gasteiger partial charge on any atom is 0.251 e. The molecule has 0 saturated carbocycles. The molecule has 2 amide bonds. The fraction of sp³-hybridized carbons (Fsp3) is 0.217. The Balaban J connectivity index is 1.60. The van der Waals surface area contributed by atoms with Crippen LogP contribution in [0.4, 0.5) is 5.69 Å². The van der Waals surface area contributed by atoms with E-state index in [1.807, 2.05) is 29.7 Å². The highest BCUT2D eigenvalue weighted by molar-refractivity contribution is 14.1. The third kappa shape index (κ3) is 6.81. The summed E-state index contributed by atoms with van der Waals surface area (Å²) in [5, 5.41) is 14.7. The Hall–Kier alpha value is -2.86. The summed E-state index contributed by atoms with van der Waals surface area (Å²) in [6.07, 6.45) is 1.72. The lowest BCUT2D eigenvalue weighted by atomic mass is 10.2. The van der Waals surface area contributed by atoms with Crippen LogP contribution in [0.5, 0.6) is 5.75 Å². The van der Waals surface area contributed by atoms with Gasteiger partial charge in [-0.25, -0.2) is 0 Å². The van der Waals surface area contributed by atoms with E-state index in [2.05, 4.69) is 50.0 Å². The molecule has 33 heavy (non-hydrogen) atoms. The van der Waals surface area contributed by atoms with Crippen molar-refractivity contribution in [3.05, 3.63) is 75.6 Å². The first-order valence-electron chi connectivity index (χ1n) is 10.0. The van der Waals surface area contributed by atoms with Crippen molar-refractivity contribution in [2.45, 2.75) is 25.2 Å². The summed E-state index contributed by atoms with van der Waals surface area (Å²) in [6.45, 7) is 6.39. The minimum atomic E-state index is -0.229. The maximum absolute atomic E-state index is 12.4. The van der Waals surface area contributed by atoms with Gasteiger partial charge >= 0.3 is 0 Å². The van der Waals surface area contributed by atoms with Gasteiger partial charge in [-0.05, 0) is 77.5 Å². The van der Waals surface area contributed by atoms with Crippen molar-refractivity contribution in [1.82, 2.24) is 20.1 Å². The Labute approximate surface area is 210 Å². The summed E-state index contributed by atoms with van der Waals surface area (Å²) < 4.78 is 8.05. The van der Waals surface area contributed by atoms with E-state index >= 15 is 0 Å². The summed E-state index contributed by atoms with van der Waals surface area (Å²) >= 11 is 3.52. The number of allylic oxidation sites excluding steroid dienone is 1. The summed E-state index contributed by atoms with van der Waals surface area (Å²) in [7, 11) is 1.57. The number of hydrogen-bond donors (Lipinski definition) is 2. The van der Waals surface area contributed by atoms with Crippen molar-refractivity contribution in [2.24, 2.45) is 0 Å². The molecule has 1 aromatic heterocycles. The molecule has 3 rings (SSSR count). The number of rotatable bonds is 10. The van der Waals surface area contributed by atoms with Gasteiger partial charge in [-0.1, -0.05) is 17.8 Å². The molecule has 1 heterocycles. The predicted molar refractivity (Wildman–Crippen MR) is 138 cm³/mol. The second kappa shape index (κ2) is 11.8. The number of halogens is 1. The summed E-state index contributed by atoms with van der Waals surface area (Å²) in [6, 6.07) is 12.7. The second-order valence-electron chi connectivity index (χ2n) is 7.01. The summed E-state index contributed by atoms with van der Waals surface area (Å²) in [5.41, 5.74) is 2.31. The third-order valence-corrected chi connectivity index (χ3v) is 6.30. The molecule has 8 nitrogen and oxygen atoms in total. The van der Waals surface area contributed by atoms with Crippen LogP contribution in [-0.4, -0.2) is 39.4 Å². The SMILES string of the molecule is C=CCn1c(CNC(=O)c2ccc(OC)cc2)nnc1SCC(=O)Nc1ccc(I)cc1C. The first-order valence-corrected chi connectivity index (χ1v) is 12.1. The minimum absolute atomic E-state index is 0.133. The molecular weight excluding hydrogens is 553 g/mol.